The Bertz CT molecular complexity index is 1050. The minimum Gasteiger partial charge on any atom is -0.462 e. The number of hydrogen-bond donors (Lipinski definition) is 1. The van der Waals surface area contributed by atoms with E-state index in [1.807, 2.05) is 30.3 Å². The molecule has 0 amide bonds. The number of carbonyl (C=O) groups excluding carboxylic acids is 2. The highest BCUT2D eigenvalue weighted by Crippen LogP contribution is 2.67. The fourth-order valence-corrected chi connectivity index (χ4v) is 7.51. The second-order valence-corrected chi connectivity index (χ2v) is 11.6. The number of fused-ring (bicyclic) bond motifs is 4. The topological polar surface area (TPSA) is 72.8 Å². The van der Waals surface area contributed by atoms with Gasteiger partial charge in [0.25, 0.3) is 0 Å². The Morgan fingerprint density at radius 2 is 1.88 bits per heavy atom. The van der Waals surface area contributed by atoms with Gasteiger partial charge < -0.3 is 14.6 Å². The summed E-state index contributed by atoms with van der Waals surface area (Å²) in [5.74, 6) is 0.447. The Labute approximate surface area is 202 Å². The van der Waals surface area contributed by atoms with Crippen molar-refractivity contribution in [2.75, 3.05) is 0 Å². The summed E-state index contributed by atoms with van der Waals surface area (Å²) in [7, 11) is 0. The van der Waals surface area contributed by atoms with Gasteiger partial charge in [-0.05, 0) is 66.9 Å². The molecule has 1 aromatic carbocycles. The summed E-state index contributed by atoms with van der Waals surface area (Å²) in [6.07, 6.45) is 7.25. The summed E-state index contributed by atoms with van der Waals surface area (Å²) in [5.41, 5.74) is 0.0838. The Morgan fingerprint density at radius 1 is 1.15 bits per heavy atom. The van der Waals surface area contributed by atoms with Gasteiger partial charge in [-0.1, -0.05) is 58.0 Å². The van der Waals surface area contributed by atoms with Crippen molar-refractivity contribution in [3.05, 3.63) is 59.4 Å². The number of carbonyl (C=O) groups is 2. The van der Waals surface area contributed by atoms with Gasteiger partial charge in [0.2, 0.25) is 0 Å². The number of aryl methyl sites for hydroxylation is 1. The molecular formula is C29H36O5. The Morgan fingerprint density at radius 3 is 2.62 bits per heavy atom. The molecule has 6 atom stereocenters. The lowest BCUT2D eigenvalue weighted by atomic mass is 9.41. The third-order valence-electron chi connectivity index (χ3n) is 9.67. The maximum absolute atomic E-state index is 13.0. The minimum atomic E-state index is -0.996. The molecule has 5 nitrogen and oxygen atoms in total. The van der Waals surface area contributed by atoms with Gasteiger partial charge in [0, 0.05) is 23.5 Å². The number of allylic oxidation sites excluding steroid dienone is 2. The molecule has 1 aromatic rings. The first-order chi connectivity index (χ1) is 16.1. The molecule has 182 valence electrons. The van der Waals surface area contributed by atoms with Crippen LogP contribution in [0, 0.1) is 28.6 Å². The van der Waals surface area contributed by atoms with Crippen LogP contribution in [0.15, 0.2) is 53.8 Å². The molecule has 4 aliphatic rings. The van der Waals surface area contributed by atoms with Crippen LogP contribution < -0.4 is 0 Å². The molecule has 2 saturated carbocycles. The molecule has 0 aromatic heterocycles. The molecule has 5 rings (SSSR count). The molecule has 34 heavy (non-hydrogen) atoms. The molecule has 1 N–H and O–H groups in total. The average Bonchev–Trinajstić information content (AvgIpc) is 3.18. The number of esters is 2. The summed E-state index contributed by atoms with van der Waals surface area (Å²) in [4.78, 5) is 25.0. The van der Waals surface area contributed by atoms with Crippen molar-refractivity contribution < 1.29 is 24.2 Å². The lowest BCUT2D eigenvalue weighted by molar-refractivity contribution is -0.273. The molecular weight excluding hydrogens is 428 g/mol. The third kappa shape index (κ3) is 3.38. The molecule has 3 aliphatic carbocycles. The van der Waals surface area contributed by atoms with Crippen LogP contribution >= 0.6 is 0 Å². The van der Waals surface area contributed by atoms with E-state index in [1.165, 1.54) is 0 Å². The smallest absolute Gasteiger partial charge is 0.336 e. The first kappa shape index (κ1) is 23.3. The molecule has 0 bridgehead atoms. The van der Waals surface area contributed by atoms with Gasteiger partial charge >= 0.3 is 11.9 Å². The van der Waals surface area contributed by atoms with Gasteiger partial charge in [0.1, 0.15) is 11.9 Å². The average molecular weight is 465 g/mol. The Balaban J connectivity index is 1.47. The summed E-state index contributed by atoms with van der Waals surface area (Å²) < 4.78 is 11.7. The van der Waals surface area contributed by atoms with Crippen LogP contribution in [0.25, 0.3) is 0 Å². The highest BCUT2D eigenvalue weighted by atomic mass is 16.5. The minimum absolute atomic E-state index is 0.0502. The van der Waals surface area contributed by atoms with E-state index in [0.29, 0.717) is 31.4 Å². The number of hydrogen-bond acceptors (Lipinski definition) is 5. The zero-order valence-corrected chi connectivity index (χ0v) is 20.7. The summed E-state index contributed by atoms with van der Waals surface area (Å²) in [5, 5.41) is 12.3. The quantitative estimate of drug-likeness (QED) is 0.626. The maximum atomic E-state index is 13.0. The van der Waals surface area contributed by atoms with E-state index in [2.05, 4.69) is 33.8 Å². The van der Waals surface area contributed by atoms with Crippen LogP contribution in [-0.2, 0) is 25.5 Å². The molecule has 2 fully saturated rings. The summed E-state index contributed by atoms with van der Waals surface area (Å²) >= 11 is 0. The van der Waals surface area contributed by atoms with Crippen molar-refractivity contribution in [1.82, 2.24) is 0 Å². The van der Waals surface area contributed by atoms with Gasteiger partial charge in [-0.3, -0.25) is 4.79 Å². The van der Waals surface area contributed by atoms with Crippen LogP contribution in [0.2, 0.25) is 0 Å². The first-order valence-corrected chi connectivity index (χ1v) is 12.7. The number of ether oxygens (including phenoxy) is 2. The van der Waals surface area contributed by atoms with Crippen LogP contribution in [0.4, 0.5) is 0 Å². The van der Waals surface area contributed by atoms with Crippen molar-refractivity contribution in [1.29, 1.82) is 0 Å². The highest BCUT2D eigenvalue weighted by Gasteiger charge is 2.69. The molecule has 5 heteroatoms. The summed E-state index contributed by atoms with van der Waals surface area (Å²) in [6.45, 7) is 8.54. The number of aliphatic hydroxyl groups is 1. The van der Waals surface area contributed by atoms with Crippen molar-refractivity contribution in [3.63, 3.8) is 0 Å². The van der Waals surface area contributed by atoms with E-state index in [1.54, 1.807) is 6.08 Å². The fraction of sp³-hybridized carbons (Fsp3) is 0.586. The van der Waals surface area contributed by atoms with Crippen LogP contribution in [0.3, 0.4) is 0 Å². The Hall–Kier alpha value is -2.40. The fourth-order valence-electron chi connectivity index (χ4n) is 7.51. The van der Waals surface area contributed by atoms with E-state index >= 15 is 0 Å². The van der Waals surface area contributed by atoms with Crippen molar-refractivity contribution in [2.45, 2.75) is 77.9 Å². The lowest BCUT2D eigenvalue weighted by Crippen LogP contribution is -2.71. The zero-order chi connectivity index (χ0) is 24.3. The van der Waals surface area contributed by atoms with Crippen molar-refractivity contribution in [2.24, 2.45) is 28.6 Å². The predicted octanol–water partition coefficient (Wildman–Crippen LogP) is 5.13. The van der Waals surface area contributed by atoms with E-state index < -0.39 is 17.1 Å². The Kier molecular flexibility index (Phi) is 5.55. The molecule has 1 heterocycles. The van der Waals surface area contributed by atoms with E-state index in [4.69, 9.17) is 9.47 Å². The van der Waals surface area contributed by atoms with Crippen LogP contribution in [-0.4, -0.2) is 28.8 Å². The normalized spacial score (nSPS) is 38.0. The highest BCUT2D eigenvalue weighted by molar-refractivity contribution is 5.88. The van der Waals surface area contributed by atoms with Gasteiger partial charge in [-0.25, -0.2) is 4.79 Å². The van der Waals surface area contributed by atoms with Crippen molar-refractivity contribution in [3.8, 4) is 0 Å². The number of rotatable bonds is 4. The number of benzene rings is 1. The van der Waals surface area contributed by atoms with Gasteiger partial charge in [0.05, 0.1) is 5.60 Å². The maximum Gasteiger partial charge on any atom is 0.336 e. The van der Waals surface area contributed by atoms with Crippen molar-refractivity contribution >= 4 is 11.9 Å². The SMILES string of the molecule is C[C@H]1C2=CC(=O)OC2=C[C@H]2[C@H]1CC[C@@]1(O)C(C)(C)CC[C@H](OC(=O)CCc3ccccc3)[C@]21C. The third-order valence-corrected chi connectivity index (χ3v) is 9.67. The molecule has 0 unspecified atom stereocenters. The molecule has 0 radical (unpaired) electrons. The second-order valence-electron chi connectivity index (χ2n) is 11.6. The molecule has 0 spiro atoms. The van der Waals surface area contributed by atoms with E-state index in [0.717, 1.165) is 24.0 Å². The molecule has 0 saturated heterocycles. The zero-order valence-electron chi connectivity index (χ0n) is 20.7. The van der Waals surface area contributed by atoms with Crippen LogP contribution in [0.1, 0.15) is 65.4 Å². The standard InChI is InChI=1S/C29H36O5/c1-18-20-12-15-29(32)27(2,3)14-13-24(34-25(30)11-10-19-8-6-5-7-9-19)28(29,4)22(20)17-23-21(18)16-26(31)33-23/h5-9,16-18,20,22,24,32H,10-15H2,1-4H3/t18-,20+,22+,24+,28+,29-/m1/s1. The van der Waals surface area contributed by atoms with Gasteiger partial charge in [-0.15, -0.1) is 0 Å². The van der Waals surface area contributed by atoms with E-state index in [-0.39, 0.29) is 35.1 Å². The summed E-state index contributed by atoms with van der Waals surface area (Å²) in [6, 6.07) is 9.96. The van der Waals surface area contributed by atoms with Crippen LogP contribution in [0.5, 0.6) is 0 Å². The molecule has 1 aliphatic heterocycles. The second kappa shape index (κ2) is 8.08. The monoisotopic (exact) mass is 464 g/mol. The lowest BCUT2D eigenvalue weighted by Gasteiger charge is -2.67. The largest absolute Gasteiger partial charge is 0.462 e. The van der Waals surface area contributed by atoms with Gasteiger partial charge in [-0.2, -0.15) is 0 Å². The van der Waals surface area contributed by atoms with Gasteiger partial charge in [0.15, 0.2) is 0 Å². The predicted molar refractivity (Wildman–Crippen MR) is 128 cm³/mol. The first-order valence-electron chi connectivity index (χ1n) is 12.7. The van der Waals surface area contributed by atoms with E-state index in [9.17, 15) is 14.7 Å².